The van der Waals surface area contributed by atoms with E-state index in [9.17, 15) is 0 Å². The first-order chi connectivity index (χ1) is 26.1. The number of hydrogen-bond acceptors (Lipinski definition) is 6. The van der Waals surface area contributed by atoms with E-state index in [1.165, 1.54) is 0 Å². The molecule has 0 saturated carbocycles. The molecule has 2 N–H and O–H groups in total. The summed E-state index contributed by atoms with van der Waals surface area (Å²) in [7, 11) is 0. The zero-order valence-corrected chi connectivity index (χ0v) is 28.3. The smallest absolute Gasteiger partial charge is 0.164 e. The molecule has 2 heterocycles. The van der Waals surface area contributed by atoms with Crippen molar-refractivity contribution in [2.45, 2.75) is 0 Å². The molecule has 0 radical (unpaired) electrons. The summed E-state index contributed by atoms with van der Waals surface area (Å²) in [5.74, 6) is 1.66. The van der Waals surface area contributed by atoms with E-state index in [1.807, 2.05) is 84.9 Å². The average Bonchev–Trinajstić information content (AvgIpc) is 3.61. The van der Waals surface area contributed by atoms with Crippen molar-refractivity contribution in [2.24, 2.45) is 0 Å². The van der Waals surface area contributed by atoms with Crippen LogP contribution in [0.3, 0.4) is 0 Å². The van der Waals surface area contributed by atoms with Gasteiger partial charge in [-0.2, -0.15) is 0 Å². The van der Waals surface area contributed by atoms with Crippen LogP contribution in [-0.4, -0.2) is 26.4 Å². The summed E-state index contributed by atoms with van der Waals surface area (Å²) in [4.78, 5) is 15.7. The number of nitrogens with zero attached hydrogens (tertiary/aromatic N) is 3. The maximum absolute atomic E-state index is 8.79. The molecule has 0 saturated heterocycles. The van der Waals surface area contributed by atoms with Gasteiger partial charge in [0.2, 0.25) is 0 Å². The minimum absolute atomic E-state index is 0.206. The molecule has 6 heteroatoms. The van der Waals surface area contributed by atoms with Gasteiger partial charge in [0.15, 0.2) is 17.5 Å². The highest BCUT2D eigenvalue weighted by Crippen LogP contribution is 2.40. The summed E-state index contributed by atoms with van der Waals surface area (Å²) in [6.07, 6.45) is 3.61. The number of furan rings is 1. The van der Waals surface area contributed by atoms with Crippen molar-refractivity contribution in [3.63, 3.8) is 0 Å². The molecule has 1 aliphatic carbocycles. The van der Waals surface area contributed by atoms with Crippen LogP contribution in [0.5, 0.6) is 0 Å². The lowest BCUT2D eigenvalue weighted by Gasteiger charge is -2.17. The second-order valence-electron chi connectivity index (χ2n) is 13.1. The maximum atomic E-state index is 8.79. The summed E-state index contributed by atoms with van der Waals surface area (Å²) >= 11 is 0. The van der Waals surface area contributed by atoms with Gasteiger partial charge in [-0.15, -0.1) is 0 Å². The van der Waals surface area contributed by atoms with Gasteiger partial charge in [-0.1, -0.05) is 140 Å². The summed E-state index contributed by atoms with van der Waals surface area (Å²) < 4.78 is 6.28. The molecule has 0 amide bonds. The number of allylic oxidation sites excluding steroid dienone is 1. The lowest BCUT2D eigenvalue weighted by molar-refractivity contribution is 0.669. The molecule has 6 nitrogen and oxygen atoms in total. The fraction of sp³-hybridized carbons (Fsp3) is 0. The molecule has 7 aromatic carbocycles. The van der Waals surface area contributed by atoms with Crippen molar-refractivity contribution in [2.75, 3.05) is 0 Å². The van der Waals surface area contributed by atoms with Crippen LogP contribution in [0.4, 0.5) is 0 Å². The molecule has 9 aromatic rings. The Balaban J connectivity index is 1.23. The molecule has 0 atom stereocenters. The van der Waals surface area contributed by atoms with E-state index in [0.717, 1.165) is 82.8 Å². The third-order valence-electron chi connectivity index (χ3n) is 10.0. The van der Waals surface area contributed by atoms with Gasteiger partial charge in [-0.25, -0.2) is 15.0 Å². The SMILES string of the molecule is N=C1C=Cc2ccc3ccc(-c4ccccc4-c4nc(-c5ccccc5-c5ccccc5)nc(-c5cccc6oc7ccccc7c56)n4)cc3c2C1=N. The number of aromatic nitrogens is 3. The highest BCUT2D eigenvalue weighted by Gasteiger charge is 2.22. The third-order valence-corrected chi connectivity index (χ3v) is 10.0. The van der Waals surface area contributed by atoms with Crippen molar-refractivity contribution in [1.82, 2.24) is 15.0 Å². The van der Waals surface area contributed by atoms with Crippen LogP contribution in [0.2, 0.25) is 0 Å². The van der Waals surface area contributed by atoms with Crippen LogP contribution in [0.15, 0.2) is 162 Å². The van der Waals surface area contributed by atoms with E-state index in [4.69, 9.17) is 30.2 Å². The first kappa shape index (κ1) is 30.5. The van der Waals surface area contributed by atoms with Gasteiger partial charge in [-0.3, -0.25) is 10.8 Å². The monoisotopic (exact) mass is 679 g/mol. The van der Waals surface area contributed by atoms with Crippen LogP contribution in [-0.2, 0) is 0 Å². The number of nitrogens with one attached hydrogen (secondary N) is 2. The molecule has 53 heavy (non-hydrogen) atoms. The first-order valence-corrected chi connectivity index (χ1v) is 17.4. The number of fused-ring (bicyclic) bond motifs is 6. The molecule has 0 aliphatic heterocycles. The lowest BCUT2D eigenvalue weighted by Crippen LogP contribution is -2.16. The van der Waals surface area contributed by atoms with Crippen LogP contribution in [0.1, 0.15) is 11.1 Å². The lowest BCUT2D eigenvalue weighted by atomic mass is 9.87. The van der Waals surface area contributed by atoms with Gasteiger partial charge in [-0.05, 0) is 62.9 Å². The van der Waals surface area contributed by atoms with Crippen LogP contribution >= 0.6 is 0 Å². The van der Waals surface area contributed by atoms with E-state index in [2.05, 4.69) is 72.8 Å². The molecule has 0 fully saturated rings. The molecule has 248 valence electrons. The molecule has 2 aromatic heterocycles. The maximum Gasteiger partial charge on any atom is 0.164 e. The zero-order chi connectivity index (χ0) is 35.5. The second-order valence-corrected chi connectivity index (χ2v) is 13.1. The Morgan fingerprint density at radius 2 is 1.02 bits per heavy atom. The first-order valence-electron chi connectivity index (χ1n) is 17.4. The van der Waals surface area contributed by atoms with Crippen molar-refractivity contribution in [1.29, 1.82) is 10.8 Å². The molecule has 1 aliphatic rings. The predicted molar refractivity (Wildman–Crippen MR) is 215 cm³/mol. The highest BCUT2D eigenvalue weighted by molar-refractivity contribution is 6.53. The van der Waals surface area contributed by atoms with E-state index >= 15 is 0 Å². The van der Waals surface area contributed by atoms with Gasteiger partial charge in [0.1, 0.15) is 11.2 Å². The van der Waals surface area contributed by atoms with Crippen molar-refractivity contribution < 1.29 is 4.42 Å². The van der Waals surface area contributed by atoms with Gasteiger partial charge in [0.25, 0.3) is 0 Å². The van der Waals surface area contributed by atoms with E-state index in [-0.39, 0.29) is 11.4 Å². The standard InChI is InChI=1S/C47H29N5O/c48-39-26-25-30-23-21-29-22-24-31(27-38(29)42(30)44(39)49)33-14-5-7-16-35(33)46-50-45(34-15-6-4-13-32(34)28-11-2-1-3-12-28)51-47(52-46)37-18-10-20-41-43(37)36-17-8-9-19-40(36)53-41/h1-27,48-49H. The molecular formula is C47H29N5O. The van der Waals surface area contributed by atoms with Crippen LogP contribution in [0.25, 0.3) is 95.2 Å². The predicted octanol–water partition coefficient (Wildman–Crippen LogP) is 11.7. The minimum Gasteiger partial charge on any atom is -0.456 e. The van der Waals surface area contributed by atoms with Crippen LogP contribution in [0, 0.1) is 10.8 Å². The van der Waals surface area contributed by atoms with Gasteiger partial charge < -0.3 is 4.42 Å². The Labute approximate surface area is 304 Å². The van der Waals surface area contributed by atoms with E-state index < -0.39 is 0 Å². The Morgan fingerprint density at radius 3 is 1.77 bits per heavy atom. The Hall–Kier alpha value is -7.31. The normalized spacial score (nSPS) is 12.5. The molecule has 0 spiro atoms. The van der Waals surface area contributed by atoms with Gasteiger partial charge in [0.05, 0.1) is 11.4 Å². The van der Waals surface area contributed by atoms with Crippen LogP contribution < -0.4 is 0 Å². The number of hydrogen-bond donors (Lipinski definition) is 2. The number of benzene rings is 7. The zero-order valence-electron chi connectivity index (χ0n) is 28.3. The second kappa shape index (κ2) is 12.2. The summed E-state index contributed by atoms with van der Waals surface area (Å²) in [6, 6.07) is 51.2. The van der Waals surface area contributed by atoms with E-state index in [0.29, 0.717) is 17.5 Å². The third kappa shape index (κ3) is 5.07. The summed E-state index contributed by atoms with van der Waals surface area (Å²) in [5, 5.41) is 21.1. The molecule has 10 rings (SSSR count). The number of rotatable bonds is 5. The topological polar surface area (TPSA) is 99.5 Å². The van der Waals surface area contributed by atoms with E-state index in [1.54, 1.807) is 6.08 Å². The fourth-order valence-corrected chi connectivity index (χ4v) is 7.49. The van der Waals surface area contributed by atoms with Crippen molar-refractivity contribution in [3.8, 4) is 56.4 Å². The largest absolute Gasteiger partial charge is 0.456 e. The Kier molecular flexibility index (Phi) is 7.01. The quantitative estimate of drug-likeness (QED) is 0.189. The molecule has 0 unspecified atom stereocenters. The highest BCUT2D eigenvalue weighted by atomic mass is 16.3. The fourth-order valence-electron chi connectivity index (χ4n) is 7.49. The van der Waals surface area contributed by atoms with Gasteiger partial charge >= 0.3 is 0 Å². The average molecular weight is 680 g/mol. The summed E-state index contributed by atoms with van der Waals surface area (Å²) in [5.41, 5.74) is 10.3. The Bertz CT molecular complexity index is 2990. The van der Waals surface area contributed by atoms with Crippen molar-refractivity contribution in [3.05, 3.63) is 169 Å². The molecule has 0 bridgehead atoms. The van der Waals surface area contributed by atoms with Gasteiger partial charge in [0, 0.05) is 33.0 Å². The summed E-state index contributed by atoms with van der Waals surface area (Å²) in [6.45, 7) is 0. The Morgan fingerprint density at radius 1 is 0.434 bits per heavy atom. The minimum atomic E-state index is 0.206. The molecular weight excluding hydrogens is 651 g/mol. The van der Waals surface area contributed by atoms with Crippen molar-refractivity contribution >= 4 is 50.2 Å². The number of para-hydroxylation sites is 1.